The first-order chi connectivity index (χ1) is 9.38. The fourth-order valence-corrected chi connectivity index (χ4v) is 2.36. The highest BCUT2D eigenvalue weighted by Gasteiger charge is 2.19. The molecule has 0 spiro atoms. The fraction of sp³-hybridized carbons (Fsp3) is 0.235. The highest BCUT2D eigenvalue weighted by atomic mass is 19.1. The molecule has 104 valence electrons. The Morgan fingerprint density at radius 3 is 2.20 bits per heavy atom. The van der Waals surface area contributed by atoms with Crippen molar-refractivity contribution in [3.05, 3.63) is 69.8 Å². The molecule has 20 heavy (non-hydrogen) atoms. The van der Waals surface area contributed by atoms with E-state index in [0.717, 1.165) is 22.8 Å². The molecule has 0 N–H and O–H groups in total. The van der Waals surface area contributed by atoms with Gasteiger partial charge in [0.05, 0.1) is 5.56 Å². The van der Waals surface area contributed by atoms with Crippen LogP contribution in [0.3, 0.4) is 0 Å². The molecule has 0 aliphatic rings. The summed E-state index contributed by atoms with van der Waals surface area (Å²) in [5, 5.41) is 0. The highest BCUT2D eigenvalue weighted by Crippen LogP contribution is 2.19. The topological polar surface area (TPSA) is 17.1 Å². The molecule has 0 heterocycles. The smallest absolute Gasteiger partial charge is 0.173 e. The second kappa shape index (κ2) is 5.53. The van der Waals surface area contributed by atoms with Crippen molar-refractivity contribution < 1.29 is 13.6 Å². The van der Waals surface area contributed by atoms with Crippen molar-refractivity contribution in [1.82, 2.24) is 0 Å². The van der Waals surface area contributed by atoms with Crippen LogP contribution in [0.2, 0.25) is 0 Å². The molecule has 0 bridgehead atoms. The van der Waals surface area contributed by atoms with E-state index in [0.29, 0.717) is 0 Å². The summed E-state index contributed by atoms with van der Waals surface area (Å²) in [7, 11) is 0. The highest BCUT2D eigenvalue weighted by molar-refractivity contribution is 5.98. The van der Waals surface area contributed by atoms with Crippen molar-refractivity contribution in [2.45, 2.75) is 27.2 Å². The Balaban J connectivity index is 2.35. The van der Waals surface area contributed by atoms with Crippen LogP contribution in [0.4, 0.5) is 8.78 Å². The van der Waals surface area contributed by atoms with Crippen LogP contribution in [-0.4, -0.2) is 5.78 Å². The lowest BCUT2D eigenvalue weighted by Gasteiger charge is -2.08. The molecule has 0 amide bonds. The van der Waals surface area contributed by atoms with Gasteiger partial charge in [0.1, 0.15) is 11.6 Å². The lowest BCUT2D eigenvalue weighted by Crippen LogP contribution is -2.10. The van der Waals surface area contributed by atoms with Crippen molar-refractivity contribution in [3.63, 3.8) is 0 Å². The van der Waals surface area contributed by atoms with Gasteiger partial charge in [-0.1, -0.05) is 35.4 Å². The maximum Gasteiger partial charge on any atom is 0.173 e. The summed E-state index contributed by atoms with van der Waals surface area (Å²) in [5.41, 5.74) is 2.66. The summed E-state index contributed by atoms with van der Waals surface area (Å²) in [4.78, 5) is 12.2. The van der Waals surface area contributed by atoms with Gasteiger partial charge in [-0.25, -0.2) is 8.78 Å². The number of aryl methyl sites for hydroxylation is 3. The lowest BCUT2D eigenvalue weighted by atomic mass is 9.98. The number of carbonyl (C=O) groups is 1. The van der Waals surface area contributed by atoms with Gasteiger partial charge in [0.15, 0.2) is 5.78 Å². The zero-order chi connectivity index (χ0) is 14.9. The number of hydrogen-bond donors (Lipinski definition) is 0. The molecule has 2 rings (SSSR count). The third-order valence-electron chi connectivity index (χ3n) is 3.21. The summed E-state index contributed by atoms with van der Waals surface area (Å²) in [5.74, 6) is -2.10. The van der Waals surface area contributed by atoms with E-state index in [-0.39, 0.29) is 12.0 Å². The summed E-state index contributed by atoms with van der Waals surface area (Å²) >= 11 is 0. The largest absolute Gasteiger partial charge is 0.294 e. The van der Waals surface area contributed by atoms with Gasteiger partial charge < -0.3 is 0 Å². The van der Waals surface area contributed by atoms with E-state index < -0.39 is 23.0 Å². The van der Waals surface area contributed by atoms with E-state index in [9.17, 15) is 13.6 Å². The van der Waals surface area contributed by atoms with Crippen LogP contribution in [0, 0.1) is 32.4 Å². The molecular formula is C17H16F2O. The number of ketones is 1. The van der Waals surface area contributed by atoms with Gasteiger partial charge in [-0.05, 0) is 38.0 Å². The quantitative estimate of drug-likeness (QED) is 0.762. The predicted molar refractivity (Wildman–Crippen MR) is 75.0 cm³/mol. The molecule has 0 atom stereocenters. The molecular weight excluding hydrogens is 258 g/mol. The maximum absolute atomic E-state index is 13.9. The van der Waals surface area contributed by atoms with Crippen LogP contribution in [0.1, 0.15) is 32.6 Å². The first-order valence-corrected chi connectivity index (χ1v) is 6.43. The Kier molecular flexibility index (Phi) is 3.98. The molecule has 0 aliphatic carbocycles. The minimum absolute atomic E-state index is 0.000185. The number of benzene rings is 2. The Bertz CT molecular complexity index is 655. The lowest BCUT2D eigenvalue weighted by molar-refractivity contribution is 0.0984. The SMILES string of the molecule is Cc1cc(C)cc(CC(=O)c2c(F)ccc(C)c2F)c1. The Morgan fingerprint density at radius 1 is 1.00 bits per heavy atom. The second-order valence-corrected chi connectivity index (χ2v) is 5.15. The van der Waals surface area contributed by atoms with Gasteiger partial charge in [0.25, 0.3) is 0 Å². The first-order valence-electron chi connectivity index (χ1n) is 6.43. The van der Waals surface area contributed by atoms with E-state index in [1.807, 2.05) is 32.0 Å². The molecule has 0 radical (unpaired) electrons. The third kappa shape index (κ3) is 2.93. The van der Waals surface area contributed by atoms with E-state index in [1.165, 1.54) is 13.0 Å². The van der Waals surface area contributed by atoms with E-state index >= 15 is 0 Å². The van der Waals surface area contributed by atoms with Gasteiger partial charge in [0.2, 0.25) is 0 Å². The van der Waals surface area contributed by atoms with Crippen molar-refractivity contribution in [2.75, 3.05) is 0 Å². The molecule has 0 aliphatic heterocycles. The minimum atomic E-state index is -0.803. The van der Waals surface area contributed by atoms with Crippen molar-refractivity contribution >= 4 is 5.78 Å². The zero-order valence-corrected chi connectivity index (χ0v) is 11.8. The monoisotopic (exact) mass is 274 g/mol. The molecule has 2 aromatic rings. The molecule has 0 saturated carbocycles. The second-order valence-electron chi connectivity index (χ2n) is 5.15. The molecule has 0 saturated heterocycles. The van der Waals surface area contributed by atoms with Crippen molar-refractivity contribution in [2.24, 2.45) is 0 Å². The van der Waals surface area contributed by atoms with Crippen molar-refractivity contribution in [3.8, 4) is 0 Å². The average Bonchev–Trinajstić information content (AvgIpc) is 2.33. The third-order valence-corrected chi connectivity index (χ3v) is 3.21. The molecule has 0 aromatic heterocycles. The van der Waals surface area contributed by atoms with Gasteiger partial charge in [-0.2, -0.15) is 0 Å². The van der Waals surface area contributed by atoms with Crippen LogP contribution >= 0.6 is 0 Å². The summed E-state index contributed by atoms with van der Waals surface area (Å²) in [6.45, 7) is 5.37. The molecule has 2 aromatic carbocycles. The van der Waals surface area contributed by atoms with E-state index in [4.69, 9.17) is 0 Å². The zero-order valence-electron chi connectivity index (χ0n) is 11.8. The van der Waals surface area contributed by atoms with Crippen LogP contribution < -0.4 is 0 Å². The van der Waals surface area contributed by atoms with Gasteiger partial charge >= 0.3 is 0 Å². The molecule has 3 heteroatoms. The first kappa shape index (κ1) is 14.4. The van der Waals surface area contributed by atoms with Crippen LogP contribution in [0.15, 0.2) is 30.3 Å². The normalized spacial score (nSPS) is 10.7. The standard InChI is InChI=1S/C17H16F2O/c1-10-6-11(2)8-13(7-10)9-15(20)16-14(18)5-4-12(3)17(16)19/h4-8H,9H2,1-3H3. The van der Waals surface area contributed by atoms with Gasteiger partial charge in [-0.15, -0.1) is 0 Å². The molecule has 0 fully saturated rings. The Morgan fingerprint density at radius 2 is 1.60 bits per heavy atom. The number of carbonyl (C=O) groups excluding carboxylic acids is 1. The van der Waals surface area contributed by atoms with Crippen LogP contribution in [-0.2, 0) is 6.42 Å². The van der Waals surface area contributed by atoms with Crippen LogP contribution in [0.25, 0.3) is 0 Å². The van der Waals surface area contributed by atoms with Crippen molar-refractivity contribution in [1.29, 1.82) is 0 Å². The Hall–Kier alpha value is -2.03. The summed E-state index contributed by atoms with van der Waals surface area (Å²) in [6, 6.07) is 8.17. The maximum atomic E-state index is 13.9. The Labute approximate surface area is 117 Å². The number of Topliss-reactive ketones (excluding diaryl/α,β-unsaturated/α-hetero) is 1. The summed E-state index contributed by atoms with van der Waals surface area (Å²) < 4.78 is 27.6. The van der Waals surface area contributed by atoms with Gasteiger partial charge in [0, 0.05) is 6.42 Å². The summed E-state index contributed by atoms with van der Waals surface area (Å²) in [6.07, 6.45) is -0.000185. The van der Waals surface area contributed by atoms with E-state index in [1.54, 1.807) is 0 Å². The van der Waals surface area contributed by atoms with Gasteiger partial charge in [-0.3, -0.25) is 4.79 Å². The molecule has 0 unspecified atom stereocenters. The fourth-order valence-electron chi connectivity index (χ4n) is 2.36. The average molecular weight is 274 g/mol. The number of hydrogen-bond acceptors (Lipinski definition) is 1. The predicted octanol–water partition coefficient (Wildman–Crippen LogP) is 4.32. The number of rotatable bonds is 3. The minimum Gasteiger partial charge on any atom is -0.294 e. The van der Waals surface area contributed by atoms with Crippen LogP contribution in [0.5, 0.6) is 0 Å². The molecule has 1 nitrogen and oxygen atoms in total. The van der Waals surface area contributed by atoms with E-state index in [2.05, 4.69) is 0 Å². The number of halogens is 2.